The van der Waals surface area contributed by atoms with E-state index >= 15 is 0 Å². The minimum Gasteiger partial charge on any atom is -0.462 e. The number of sulfonamides is 1. The largest absolute Gasteiger partial charge is 0.462 e. The monoisotopic (exact) mass is 403 g/mol. The molecule has 28 heavy (non-hydrogen) atoms. The first kappa shape index (κ1) is 20.9. The fraction of sp³-hybridized carbons (Fsp3) is 0.158. The topological polar surface area (TPSA) is 108 Å². The average molecular weight is 403 g/mol. The van der Waals surface area contributed by atoms with Crippen molar-refractivity contribution in [3.63, 3.8) is 0 Å². The lowest BCUT2D eigenvalue weighted by Crippen LogP contribution is -2.15. The van der Waals surface area contributed by atoms with Crippen molar-refractivity contribution < 1.29 is 22.3 Å². The van der Waals surface area contributed by atoms with E-state index in [1.165, 1.54) is 24.3 Å². The summed E-state index contributed by atoms with van der Waals surface area (Å²) in [5.74, 6) is -1.49. The number of hydrogen-bond donors (Lipinski definition) is 2. The van der Waals surface area contributed by atoms with Gasteiger partial charge in [-0.3, -0.25) is 4.72 Å². The van der Waals surface area contributed by atoms with E-state index in [0.717, 1.165) is 12.3 Å². The Kier molecular flexibility index (Phi) is 6.74. The molecule has 0 spiro atoms. The Morgan fingerprint density at radius 3 is 2.64 bits per heavy atom. The molecule has 0 aliphatic heterocycles. The van der Waals surface area contributed by atoms with E-state index in [-0.39, 0.29) is 22.8 Å². The van der Waals surface area contributed by atoms with Crippen LogP contribution in [0.25, 0.3) is 0 Å². The molecule has 0 atom stereocenters. The summed E-state index contributed by atoms with van der Waals surface area (Å²) >= 11 is 0. The summed E-state index contributed by atoms with van der Waals surface area (Å²) in [7, 11) is -4.07. The van der Waals surface area contributed by atoms with Crippen LogP contribution in [0.5, 0.6) is 0 Å². The van der Waals surface area contributed by atoms with Crippen molar-refractivity contribution in [2.24, 2.45) is 0 Å². The number of carbonyl (C=O) groups excluding carboxylic acids is 1. The van der Waals surface area contributed by atoms with Crippen molar-refractivity contribution in [3.05, 3.63) is 65.6 Å². The van der Waals surface area contributed by atoms with Crippen LogP contribution < -0.4 is 10.0 Å². The van der Waals surface area contributed by atoms with Crippen molar-refractivity contribution >= 4 is 27.4 Å². The standard InChI is InChI=1S/C19H18FN3O4S/c1-3-27-19(24)14(11-21)12-22-15-9-8-13(2)18(10-15)28(25,26)23-17-7-5-4-6-16(17)20/h4-10,12,22-23H,3H2,1-2H3/b14-12+. The molecule has 0 aromatic heterocycles. The zero-order chi connectivity index (χ0) is 20.7. The molecule has 2 rings (SSSR count). The maximum atomic E-state index is 13.8. The second-order valence-corrected chi connectivity index (χ2v) is 7.25. The molecule has 2 aromatic carbocycles. The molecule has 0 heterocycles. The number of esters is 1. The van der Waals surface area contributed by atoms with Gasteiger partial charge in [0, 0.05) is 11.9 Å². The number of aryl methyl sites for hydroxylation is 1. The van der Waals surface area contributed by atoms with E-state index in [0.29, 0.717) is 11.3 Å². The Bertz CT molecular complexity index is 1060. The van der Waals surface area contributed by atoms with Crippen LogP contribution >= 0.6 is 0 Å². The van der Waals surface area contributed by atoms with Crippen molar-refractivity contribution in [3.8, 4) is 6.07 Å². The maximum Gasteiger partial charge on any atom is 0.350 e. The number of ether oxygens (including phenoxy) is 1. The molecule has 2 N–H and O–H groups in total. The minimum atomic E-state index is -4.07. The molecule has 0 fully saturated rings. The van der Waals surface area contributed by atoms with Gasteiger partial charge in [0.25, 0.3) is 10.0 Å². The van der Waals surface area contributed by atoms with Crippen LogP contribution in [0.3, 0.4) is 0 Å². The van der Waals surface area contributed by atoms with Crippen molar-refractivity contribution in [1.29, 1.82) is 5.26 Å². The molecule has 0 aliphatic rings. The minimum absolute atomic E-state index is 0.0798. The van der Waals surface area contributed by atoms with Crippen molar-refractivity contribution in [1.82, 2.24) is 0 Å². The highest BCUT2D eigenvalue weighted by Crippen LogP contribution is 2.24. The summed E-state index contributed by atoms with van der Waals surface area (Å²) in [6.07, 6.45) is 1.13. The third-order valence-corrected chi connectivity index (χ3v) is 5.10. The number of para-hydroxylation sites is 1. The quantitative estimate of drug-likeness (QED) is 0.417. The van der Waals surface area contributed by atoms with Crippen molar-refractivity contribution in [2.75, 3.05) is 16.6 Å². The Labute approximate surface area is 162 Å². The van der Waals surface area contributed by atoms with Gasteiger partial charge >= 0.3 is 5.97 Å². The predicted molar refractivity (Wildman–Crippen MR) is 102 cm³/mol. The zero-order valence-electron chi connectivity index (χ0n) is 15.2. The van der Waals surface area contributed by atoms with Crippen LogP contribution in [-0.2, 0) is 19.6 Å². The Hall–Kier alpha value is -3.38. The van der Waals surface area contributed by atoms with E-state index in [1.807, 2.05) is 0 Å². The number of nitriles is 1. The Balaban J connectivity index is 2.31. The van der Waals surface area contributed by atoms with E-state index in [4.69, 9.17) is 10.00 Å². The van der Waals surface area contributed by atoms with Gasteiger partial charge in [0.2, 0.25) is 0 Å². The van der Waals surface area contributed by atoms with Gasteiger partial charge in [-0.1, -0.05) is 18.2 Å². The number of anilines is 2. The highest BCUT2D eigenvalue weighted by molar-refractivity contribution is 7.92. The lowest BCUT2D eigenvalue weighted by atomic mass is 10.2. The van der Waals surface area contributed by atoms with Gasteiger partial charge in [0.1, 0.15) is 11.9 Å². The fourth-order valence-electron chi connectivity index (χ4n) is 2.22. The van der Waals surface area contributed by atoms with Gasteiger partial charge in [0.05, 0.1) is 17.2 Å². The van der Waals surface area contributed by atoms with E-state index < -0.39 is 21.8 Å². The second-order valence-electron chi connectivity index (χ2n) is 5.60. The van der Waals surface area contributed by atoms with Crippen LogP contribution in [-0.4, -0.2) is 21.0 Å². The smallest absolute Gasteiger partial charge is 0.350 e. The highest BCUT2D eigenvalue weighted by Gasteiger charge is 2.19. The molecule has 7 nitrogen and oxygen atoms in total. The summed E-state index contributed by atoms with van der Waals surface area (Å²) in [5.41, 5.74) is 0.311. The average Bonchev–Trinajstić information content (AvgIpc) is 2.65. The number of nitrogens with zero attached hydrogens (tertiary/aromatic N) is 1. The molecule has 9 heteroatoms. The predicted octanol–water partition coefficient (Wildman–Crippen LogP) is 3.32. The summed E-state index contributed by atoms with van der Waals surface area (Å²) in [5, 5.41) is 11.7. The van der Waals surface area contributed by atoms with Gasteiger partial charge in [-0.05, 0) is 43.7 Å². The number of halogens is 1. The van der Waals surface area contributed by atoms with Gasteiger partial charge in [0.15, 0.2) is 5.57 Å². The Morgan fingerprint density at radius 2 is 2.00 bits per heavy atom. The fourth-order valence-corrected chi connectivity index (χ4v) is 3.56. The van der Waals surface area contributed by atoms with Crippen LogP contribution in [0, 0.1) is 24.1 Å². The molecular formula is C19H18FN3O4S. The van der Waals surface area contributed by atoms with Crippen LogP contribution in [0.2, 0.25) is 0 Å². The molecule has 0 saturated heterocycles. The number of carbonyl (C=O) groups is 1. The molecule has 0 aliphatic carbocycles. The lowest BCUT2D eigenvalue weighted by molar-refractivity contribution is -0.138. The molecular weight excluding hydrogens is 385 g/mol. The van der Waals surface area contributed by atoms with Gasteiger partial charge in [-0.25, -0.2) is 17.6 Å². The second kappa shape index (κ2) is 9.01. The van der Waals surface area contributed by atoms with Crippen molar-refractivity contribution in [2.45, 2.75) is 18.7 Å². The lowest BCUT2D eigenvalue weighted by Gasteiger charge is -2.12. The molecule has 0 bridgehead atoms. The van der Waals surface area contributed by atoms with Crippen LogP contribution in [0.4, 0.5) is 15.8 Å². The normalized spacial score (nSPS) is 11.4. The third-order valence-electron chi connectivity index (χ3n) is 3.59. The molecule has 146 valence electrons. The number of nitrogens with one attached hydrogen (secondary N) is 2. The van der Waals surface area contributed by atoms with Gasteiger partial charge in [-0.2, -0.15) is 5.26 Å². The summed E-state index contributed by atoms with van der Waals surface area (Å²) in [6.45, 7) is 3.32. The number of benzene rings is 2. The summed E-state index contributed by atoms with van der Waals surface area (Å²) in [6, 6.07) is 11.6. The molecule has 2 aromatic rings. The Morgan fingerprint density at radius 1 is 1.29 bits per heavy atom. The molecule has 0 saturated carbocycles. The maximum absolute atomic E-state index is 13.8. The number of hydrogen-bond acceptors (Lipinski definition) is 6. The van der Waals surface area contributed by atoms with Crippen LogP contribution in [0.15, 0.2) is 59.1 Å². The van der Waals surface area contributed by atoms with Crippen LogP contribution in [0.1, 0.15) is 12.5 Å². The van der Waals surface area contributed by atoms with Gasteiger partial charge in [-0.15, -0.1) is 0 Å². The summed E-state index contributed by atoms with van der Waals surface area (Å²) in [4.78, 5) is 11.5. The third kappa shape index (κ3) is 5.08. The van der Waals surface area contributed by atoms with E-state index in [2.05, 4.69) is 10.0 Å². The SMILES string of the molecule is CCOC(=O)/C(C#N)=C/Nc1ccc(C)c(S(=O)(=O)Nc2ccccc2F)c1. The first-order chi connectivity index (χ1) is 13.3. The zero-order valence-corrected chi connectivity index (χ0v) is 16.0. The number of rotatable bonds is 7. The first-order valence-electron chi connectivity index (χ1n) is 8.20. The molecule has 0 amide bonds. The molecule has 0 radical (unpaired) electrons. The first-order valence-corrected chi connectivity index (χ1v) is 9.68. The summed E-state index contributed by atoms with van der Waals surface area (Å²) < 4.78 is 46.1. The van der Waals surface area contributed by atoms with E-state index in [1.54, 1.807) is 32.0 Å². The van der Waals surface area contributed by atoms with Gasteiger partial charge < -0.3 is 10.1 Å². The van der Waals surface area contributed by atoms with E-state index in [9.17, 15) is 17.6 Å². The highest BCUT2D eigenvalue weighted by atomic mass is 32.2. The molecule has 0 unspecified atom stereocenters.